The number of aryl methyl sites for hydroxylation is 1. The monoisotopic (exact) mass is 432 g/mol. The number of hydrogen-bond acceptors (Lipinski definition) is 8. The Labute approximate surface area is 174 Å². The van der Waals surface area contributed by atoms with Crippen molar-refractivity contribution in [1.29, 1.82) is 0 Å². The fourth-order valence-corrected chi connectivity index (χ4v) is 4.70. The Morgan fingerprint density at radius 3 is 2.80 bits per heavy atom. The lowest BCUT2D eigenvalue weighted by Crippen LogP contribution is -2.36. The summed E-state index contributed by atoms with van der Waals surface area (Å²) in [5, 5.41) is 5.22. The number of nitrogens with one attached hydrogen (secondary N) is 1. The molecule has 0 atom stereocenters. The Hall–Kier alpha value is -2.76. The van der Waals surface area contributed by atoms with Crippen molar-refractivity contribution in [1.82, 2.24) is 24.5 Å². The predicted molar refractivity (Wildman–Crippen MR) is 111 cm³/mol. The fourth-order valence-electron chi connectivity index (χ4n) is 3.43. The van der Waals surface area contributed by atoms with E-state index in [-0.39, 0.29) is 11.4 Å². The molecule has 3 heterocycles. The van der Waals surface area contributed by atoms with Crippen molar-refractivity contribution in [3.05, 3.63) is 36.3 Å². The minimum atomic E-state index is -3.73. The zero-order valence-corrected chi connectivity index (χ0v) is 17.7. The van der Waals surface area contributed by atoms with Gasteiger partial charge in [-0.3, -0.25) is 0 Å². The number of methoxy groups -OCH3 is 1. The average molecular weight is 433 g/mol. The topological polar surface area (TPSA) is 111 Å². The van der Waals surface area contributed by atoms with Crippen LogP contribution in [-0.4, -0.2) is 68.1 Å². The lowest BCUT2D eigenvalue weighted by molar-refractivity contribution is 0.122. The molecule has 0 bridgehead atoms. The lowest BCUT2D eigenvalue weighted by Gasteiger charge is -2.27. The van der Waals surface area contributed by atoms with Crippen LogP contribution in [0.2, 0.25) is 0 Å². The highest BCUT2D eigenvalue weighted by Crippen LogP contribution is 2.25. The van der Waals surface area contributed by atoms with E-state index in [9.17, 15) is 8.42 Å². The summed E-state index contributed by atoms with van der Waals surface area (Å²) in [6.07, 6.45) is 3.23. The van der Waals surface area contributed by atoms with E-state index < -0.39 is 10.0 Å². The summed E-state index contributed by atoms with van der Waals surface area (Å²) in [5.41, 5.74) is 1.50. The van der Waals surface area contributed by atoms with Gasteiger partial charge in [-0.05, 0) is 24.6 Å². The van der Waals surface area contributed by atoms with Gasteiger partial charge in [0.1, 0.15) is 22.8 Å². The fraction of sp³-hybridized carbons (Fsp3) is 0.421. The van der Waals surface area contributed by atoms with E-state index in [4.69, 9.17) is 9.47 Å². The van der Waals surface area contributed by atoms with Gasteiger partial charge in [-0.2, -0.15) is 5.10 Å². The van der Waals surface area contributed by atoms with Gasteiger partial charge in [0.05, 0.1) is 38.5 Å². The van der Waals surface area contributed by atoms with Gasteiger partial charge in [-0.15, -0.1) is 0 Å². The minimum absolute atomic E-state index is 0.118. The molecule has 0 amide bonds. The van der Waals surface area contributed by atoms with Crippen LogP contribution in [0.5, 0.6) is 5.75 Å². The predicted octanol–water partition coefficient (Wildman–Crippen LogP) is 0.958. The smallest absolute Gasteiger partial charge is 0.244 e. The first-order valence-electron chi connectivity index (χ1n) is 9.63. The van der Waals surface area contributed by atoms with Gasteiger partial charge in [0.15, 0.2) is 5.65 Å². The molecule has 1 N–H and O–H groups in total. The molecule has 0 saturated carbocycles. The zero-order valence-electron chi connectivity index (χ0n) is 16.9. The molecule has 0 radical (unpaired) electrons. The minimum Gasteiger partial charge on any atom is -0.495 e. The van der Waals surface area contributed by atoms with Crippen LogP contribution in [0.15, 0.2) is 35.6 Å². The van der Waals surface area contributed by atoms with E-state index in [2.05, 4.69) is 24.7 Å². The summed E-state index contributed by atoms with van der Waals surface area (Å²) in [7, 11) is -2.28. The molecule has 4 rings (SSSR count). The SMILES string of the molecule is COc1ccc(C)cc1S(=O)(=O)NCCn1ncc2c(N3CCOCC3)ncnc21. The Morgan fingerprint density at radius 1 is 1.23 bits per heavy atom. The molecule has 1 fully saturated rings. The van der Waals surface area contributed by atoms with Crippen molar-refractivity contribution >= 4 is 26.9 Å². The van der Waals surface area contributed by atoms with E-state index in [0.717, 1.165) is 29.9 Å². The Kier molecular flexibility index (Phi) is 5.84. The van der Waals surface area contributed by atoms with Crippen LogP contribution in [0, 0.1) is 6.92 Å². The molecule has 30 heavy (non-hydrogen) atoms. The number of nitrogens with zero attached hydrogens (tertiary/aromatic N) is 5. The van der Waals surface area contributed by atoms with Crippen molar-refractivity contribution in [2.24, 2.45) is 0 Å². The number of sulfonamides is 1. The van der Waals surface area contributed by atoms with Gasteiger partial charge in [-0.1, -0.05) is 6.07 Å². The van der Waals surface area contributed by atoms with E-state index >= 15 is 0 Å². The highest BCUT2D eigenvalue weighted by atomic mass is 32.2. The van der Waals surface area contributed by atoms with Crippen LogP contribution in [0.4, 0.5) is 5.82 Å². The molecule has 10 nitrogen and oxygen atoms in total. The van der Waals surface area contributed by atoms with Crippen LogP contribution in [0.25, 0.3) is 11.0 Å². The maximum absolute atomic E-state index is 12.8. The molecule has 1 aliphatic heterocycles. The summed E-state index contributed by atoms with van der Waals surface area (Å²) in [6, 6.07) is 5.04. The van der Waals surface area contributed by atoms with Crippen LogP contribution in [-0.2, 0) is 21.3 Å². The maximum Gasteiger partial charge on any atom is 0.244 e. The third kappa shape index (κ3) is 4.09. The van der Waals surface area contributed by atoms with Crippen molar-refractivity contribution in [3.8, 4) is 5.75 Å². The summed E-state index contributed by atoms with van der Waals surface area (Å²) in [6.45, 7) is 5.15. The molecule has 3 aromatic rings. The number of aromatic nitrogens is 4. The quantitative estimate of drug-likeness (QED) is 0.588. The standard InChI is InChI=1S/C19H24N6O4S/c1-14-3-4-16(28-2)17(11-14)30(26,27)23-5-6-25-19-15(12-22-25)18(20-13-21-19)24-7-9-29-10-8-24/h3-4,11-13,23H,5-10H2,1-2H3. The van der Waals surface area contributed by atoms with Gasteiger partial charge < -0.3 is 14.4 Å². The van der Waals surface area contributed by atoms with E-state index in [1.54, 1.807) is 29.1 Å². The molecule has 0 aliphatic carbocycles. The highest BCUT2D eigenvalue weighted by Gasteiger charge is 2.21. The first-order valence-corrected chi connectivity index (χ1v) is 11.1. The van der Waals surface area contributed by atoms with E-state index in [1.165, 1.54) is 13.4 Å². The molecule has 2 aromatic heterocycles. The molecule has 1 saturated heterocycles. The van der Waals surface area contributed by atoms with E-state index in [1.807, 2.05) is 6.92 Å². The Bertz CT molecular complexity index is 1140. The van der Waals surface area contributed by atoms with Crippen LogP contribution < -0.4 is 14.4 Å². The van der Waals surface area contributed by atoms with Crippen molar-refractivity contribution in [3.63, 3.8) is 0 Å². The number of anilines is 1. The molecule has 11 heteroatoms. The van der Waals surface area contributed by atoms with Gasteiger partial charge >= 0.3 is 0 Å². The van der Waals surface area contributed by atoms with Gasteiger partial charge in [0, 0.05) is 19.6 Å². The van der Waals surface area contributed by atoms with Crippen molar-refractivity contribution in [2.75, 3.05) is 44.9 Å². The summed E-state index contributed by atoms with van der Waals surface area (Å²) < 4.78 is 40.4. The number of morpholine rings is 1. The number of rotatable bonds is 7. The highest BCUT2D eigenvalue weighted by molar-refractivity contribution is 7.89. The second-order valence-electron chi connectivity index (χ2n) is 6.95. The number of fused-ring (bicyclic) bond motifs is 1. The van der Waals surface area contributed by atoms with Gasteiger partial charge in [0.25, 0.3) is 0 Å². The zero-order chi connectivity index (χ0) is 21.1. The van der Waals surface area contributed by atoms with Crippen LogP contribution in [0.3, 0.4) is 0 Å². The van der Waals surface area contributed by atoms with Gasteiger partial charge in [0.2, 0.25) is 10.0 Å². The average Bonchev–Trinajstić information content (AvgIpc) is 3.17. The lowest BCUT2D eigenvalue weighted by atomic mass is 10.2. The Morgan fingerprint density at radius 2 is 2.03 bits per heavy atom. The molecular weight excluding hydrogens is 408 g/mol. The summed E-state index contributed by atoms with van der Waals surface area (Å²) in [4.78, 5) is 11.0. The maximum atomic E-state index is 12.8. The molecule has 0 spiro atoms. The molecule has 160 valence electrons. The Balaban J connectivity index is 1.50. The third-order valence-corrected chi connectivity index (χ3v) is 6.43. The molecule has 1 aliphatic rings. The van der Waals surface area contributed by atoms with Gasteiger partial charge in [-0.25, -0.2) is 27.8 Å². The van der Waals surface area contributed by atoms with Crippen molar-refractivity contribution < 1.29 is 17.9 Å². The number of benzene rings is 1. The third-order valence-electron chi connectivity index (χ3n) is 4.95. The van der Waals surface area contributed by atoms with Crippen LogP contribution >= 0.6 is 0 Å². The largest absolute Gasteiger partial charge is 0.495 e. The summed E-state index contributed by atoms with van der Waals surface area (Å²) in [5.74, 6) is 1.13. The summed E-state index contributed by atoms with van der Waals surface area (Å²) >= 11 is 0. The first kappa shape index (κ1) is 20.5. The van der Waals surface area contributed by atoms with Crippen molar-refractivity contribution in [2.45, 2.75) is 18.4 Å². The number of ether oxygens (including phenoxy) is 2. The number of hydrogen-bond donors (Lipinski definition) is 1. The van der Waals surface area contributed by atoms with E-state index in [0.29, 0.717) is 31.2 Å². The second kappa shape index (κ2) is 8.54. The first-order chi connectivity index (χ1) is 14.5. The molecule has 1 aromatic carbocycles. The molecule has 0 unspecified atom stereocenters. The molecular formula is C19H24N6O4S. The normalized spacial score (nSPS) is 14.9. The second-order valence-corrected chi connectivity index (χ2v) is 8.69. The van der Waals surface area contributed by atoms with Crippen LogP contribution in [0.1, 0.15) is 5.56 Å².